The topological polar surface area (TPSA) is 79.3 Å². The van der Waals surface area contributed by atoms with Crippen molar-refractivity contribution in [1.29, 1.82) is 0 Å². The second kappa shape index (κ2) is 5.58. The van der Waals surface area contributed by atoms with Crippen LogP contribution in [0.15, 0.2) is 12.2 Å². The lowest BCUT2D eigenvalue weighted by molar-refractivity contribution is -0.148. The summed E-state index contributed by atoms with van der Waals surface area (Å²) in [5, 5.41) is 9.43. The summed E-state index contributed by atoms with van der Waals surface area (Å²) in [6, 6.07) is 0. The van der Waals surface area contributed by atoms with Gasteiger partial charge in [-0.3, -0.25) is 14.5 Å². The van der Waals surface area contributed by atoms with Crippen molar-refractivity contribution in [2.45, 2.75) is 18.1 Å². The molecule has 1 amide bonds. The summed E-state index contributed by atoms with van der Waals surface area (Å²) >= 11 is 0. The van der Waals surface area contributed by atoms with Crippen molar-refractivity contribution >= 4 is 11.9 Å². The summed E-state index contributed by atoms with van der Waals surface area (Å²) in [6.07, 6.45) is 4.15. The van der Waals surface area contributed by atoms with E-state index in [9.17, 15) is 14.7 Å². The minimum Gasteiger partial charge on any atom is -0.481 e. The van der Waals surface area contributed by atoms with Crippen LogP contribution >= 0.6 is 0 Å². The first-order chi connectivity index (χ1) is 11.1. The Morgan fingerprint density at radius 1 is 1.35 bits per heavy atom. The van der Waals surface area contributed by atoms with Gasteiger partial charge in [0, 0.05) is 26.2 Å². The van der Waals surface area contributed by atoms with E-state index in [4.69, 9.17) is 9.47 Å². The quantitative estimate of drug-likeness (QED) is 0.692. The fraction of sp³-hybridized carbons (Fsp3) is 0.750. The van der Waals surface area contributed by atoms with Crippen LogP contribution < -0.4 is 0 Å². The molecule has 1 unspecified atom stereocenters. The van der Waals surface area contributed by atoms with Crippen LogP contribution in [0.2, 0.25) is 0 Å². The SMILES string of the molecule is O=C(O)[C@H]1[C@H]2C=CC3(CN(CCCN4CCOCC4)C(=O)[C@@H]13)O2. The highest BCUT2D eigenvalue weighted by Gasteiger charge is 2.66. The van der Waals surface area contributed by atoms with Gasteiger partial charge in [0.25, 0.3) is 0 Å². The lowest BCUT2D eigenvalue weighted by atomic mass is 9.77. The molecule has 0 aromatic rings. The van der Waals surface area contributed by atoms with E-state index < -0.39 is 29.5 Å². The average molecular weight is 322 g/mol. The molecule has 7 heteroatoms. The van der Waals surface area contributed by atoms with E-state index in [1.54, 1.807) is 11.0 Å². The molecule has 3 fully saturated rings. The Kier molecular flexibility index (Phi) is 3.66. The smallest absolute Gasteiger partial charge is 0.310 e. The number of likely N-dealkylation sites (tertiary alicyclic amines) is 1. The molecule has 4 atom stereocenters. The molecule has 2 bridgehead atoms. The van der Waals surface area contributed by atoms with Crippen LogP contribution in [-0.2, 0) is 19.1 Å². The number of carboxylic acids is 1. The zero-order valence-electron chi connectivity index (χ0n) is 13.0. The number of carbonyl (C=O) groups excluding carboxylic acids is 1. The van der Waals surface area contributed by atoms with Crippen LogP contribution in [0.5, 0.6) is 0 Å². The molecule has 0 aromatic heterocycles. The summed E-state index contributed by atoms with van der Waals surface area (Å²) < 4.78 is 11.2. The fourth-order valence-corrected chi connectivity index (χ4v) is 4.36. The Hall–Kier alpha value is -1.44. The molecule has 4 heterocycles. The molecule has 1 N–H and O–H groups in total. The van der Waals surface area contributed by atoms with Crippen LogP contribution in [-0.4, -0.2) is 84.4 Å². The van der Waals surface area contributed by atoms with Crippen molar-refractivity contribution in [2.24, 2.45) is 11.8 Å². The van der Waals surface area contributed by atoms with Gasteiger partial charge in [-0.05, 0) is 6.42 Å². The first-order valence-corrected chi connectivity index (χ1v) is 8.30. The zero-order chi connectivity index (χ0) is 16.0. The molecule has 4 rings (SSSR count). The highest BCUT2D eigenvalue weighted by molar-refractivity contribution is 5.90. The third kappa shape index (κ3) is 2.38. The lowest BCUT2D eigenvalue weighted by Crippen LogP contribution is -2.40. The van der Waals surface area contributed by atoms with E-state index in [2.05, 4.69) is 4.90 Å². The number of amides is 1. The molecule has 7 nitrogen and oxygen atoms in total. The Labute approximate surface area is 134 Å². The fourth-order valence-electron chi connectivity index (χ4n) is 4.36. The van der Waals surface area contributed by atoms with Gasteiger partial charge in [0.2, 0.25) is 5.91 Å². The highest BCUT2D eigenvalue weighted by atomic mass is 16.5. The maximum absolute atomic E-state index is 12.7. The standard InChI is InChI=1S/C16H22N2O5/c19-14-13-12(15(20)21)11-2-3-16(13,23-11)10-18(14)5-1-4-17-6-8-22-9-7-17/h2-3,11-13H,1,4-10H2,(H,20,21)/t11-,12+,13-,16?/m1/s1. The third-order valence-corrected chi connectivity index (χ3v) is 5.47. The van der Waals surface area contributed by atoms with E-state index in [0.29, 0.717) is 13.1 Å². The van der Waals surface area contributed by atoms with E-state index in [1.807, 2.05) is 6.08 Å². The van der Waals surface area contributed by atoms with E-state index in [-0.39, 0.29) is 5.91 Å². The van der Waals surface area contributed by atoms with Gasteiger partial charge in [0.1, 0.15) is 11.5 Å². The van der Waals surface area contributed by atoms with Gasteiger partial charge in [-0.15, -0.1) is 0 Å². The maximum Gasteiger partial charge on any atom is 0.310 e. The Morgan fingerprint density at radius 3 is 2.87 bits per heavy atom. The number of hydrogen-bond acceptors (Lipinski definition) is 5. The molecule has 4 aliphatic rings. The van der Waals surface area contributed by atoms with Gasteiger partial charge in [-0.1, -0.05) is 12.2 Å². The van der Waals surface area contributed by atoms with Crippen molar-refractivity contribution in [3.8, 4) is 0 Å². The van der Waals surface area contributed by atoms with Crippen LogP contribution in [0.1, 0.15) is 6.42 Å². The molecule has 0 aliphatic carbocycles. The minimum absolute atomic E-state index is 0.0637. The number of morpholine rings is 1. The molecule has 1 spiro atoms. The van der Waals surface area contributed by atoms with Crippen molar-refractivity contribution in [1.82, 2.24) is 9.80 Å². The Bertz CT molecular complexity index is 545. The summed E-state index contributed by atoms with van der Waals surface area (Å²) in [6.45, 7) is 5.50. The third-order valence-electron chi connectivity index (χ3n) is 5.47. The lowest BCUT2D eigenvalue weighted by Gasteiger charge is -2.27. The zero-order valence-corrected chi connectivity index (χ0v) is 13.0. The first-order valence-electron chi connectivity index (χ1n) is 8.30. The Balaban J connectivity index is 1.38. The van der Waals surface area contributed by atoms with Crippen LogP contribution in [0.3, 0.4) is 0 Å². The number of ether oxygens (including phenoxy) is 2. The second-order valence-electron chi connectivity index (χ2n) is 6.81. The number of rotatable bonds is 5. The summed E-state index contributed by atoms with van der Waals surface area (Å²) in [5.41, 5.74) is -0.705. The van der Waals surface area contributed by atoms with E-state index >= 15 is 0 Å². The first kappa shape index (κ1) is 15.1. The molecule has 3 saturated heterocycles. The van der Waals surface area contributed by atoms with Crippen molar-refractivity contribution in [2.75, 3.05) is 45.9 Å². The number of carboxylic acid groups (broad SMARTS) is 1. The predicted molar refractivity (Wildman–Crippen MR) is 79.8 cm³/mol. The summed E-state index contributed by atoms with van der Waals surface area (Å²) in [4.78, 5) is 28.3. The van der Waals surface area contributed by atoms with Gasteiger partial charge in [0.05, 0.1) is 31.8 Å². The summed E-state index contributed by atoms with van der Waals surface area (Å²) in [7, 11) is 0. The maximum atomic E-state index is 12.7. The molecular formula is C16H22N2O5. The normalized spacial score (nSPS) is 39.2. The van der Waals surface area contributed by atoms with Crippen LogP contribution in [0.25, 0.3) is 0 Å². The molecule has 4 aliphatic heterocycles. The molecule has 0 saturated carbocycles. The number of fused-ring (bicyclic) bond motifs is 1. The predicted octanol–water partition coefficient (Wildman–Crippen LogP) is -0.425. The van der Waals surface area contributed by atoms with Crippen LogP contribution in [0, 0.1) is 11.8 Å². The van der Waals surface area contributed by atoms with Crippen molar-refractivity contribution in [3.05, 3.63) is 12.2 Å². The Morgan fingerprint density at radius 2 is 2.13 bits per heavy atom. The van der Waals surface area contributed by atoms with Gasteiger partial charge in [0.15, 0.2) is 0 Å². The number of nitrogens with zero attached hydrogens (tertiary/aromatic N) is 2. The van der Waals surface area contributed by atoms with Gasteiger partial charge < -0.3 is 19.5 Å². The highest BCUT2D eigenvalue weighted by Crippen LogP contribution is 2.51. The molecule has 0 aromatic carbocycles. The molecule has 0 radical (unpaired) electrons. The average Bonchev–Trinajstić information content (AvgIpc) is 3.17. The molecule has 126 valence electrons. The molecular weight excluding hydrogens is 300 g/mol. The van der Waals surface area contributed by atoms with Gasteiger partial charge in [-0.2, -0.15) is 0 Å². The van der Waals surface area contributed by atoms with E-state index in [0.717, 1.165) is 39.3 Å². The largest absolute Gasteiger partial charge is 0.481 e. The number of hydrogen-bond donors (Lipinski definition) is 1. The second-order valence-corrected chi connectivity index (χ2v) is 6.81. The number of carbonyl (C=O) groups is 2. The van der Waals surface area contributed by atoms with Crippen molar-refractivity contribution in [3.63, 3.8) is 0 Å². The minimum atomic E-state index is -0.935. The summed E-state index contributed by atoms with van der Waals surface area (Å²) in [5.74, 6) is -2.30. The van der Waals surface area contributed by atoms with Crippen LogP contribution in [0.4, 0.5) is 0 Å². The van der Waals surface area contributed by atoms with Gasteiger partial charge >= 0.3 is 5.97 Å². The monoisotopic (exact) mass is 322 g/mol. The van der Waals surface area contributed by atoms with E-state index in [1.165, 1.54) is 0 Å². The number of aliphatic carboxylic acids is 1. The van der Waals surface area contributed by atoms with Crippen molar-refractivity contribution < 1.29 is 24.2 Å². The van der Waals surface area contributed by atoms with Gasteiger partial charge in [-0.25, -0.2) is 0 Å². The molecule has 23 heavy (non-hydrogen) atoms.